The normalized spacial score (nSPS) is 15.5. The molecular weight excluding hydrogens is 138 g/mol. The average Bonchev–Trinajstić information content (AvgIpc) is 2.04. The lowest BCUT2D eigenvalue weighted by Gasteiger charge is -2.14. The maximum atomic E-state index is 10.9. The van der Waals surface area contributed by atoms with Gasteiger partial charge in [0.25, 0.3) is 0 Å². The van der Waals surface area contributed by atoms with Crippen molar-refractivity contribution < 1.29 is 4.79 Å². The summed E-state index contributed by atoms with van der Waals surface area (Å²) in [6.07, 6.45) is 0.475. The van der Waals surface area contributed by atoms with Crippen LogP contribution in [0.25, 0.3) is 0 Å². The molecule has 0 saturated carbocycles. The lowest BCUT2D eigenvalue weighted by molar-refractivity contribution is -0.120. The SMILES string of the molecule is O=C1Cc2c[c]ccc2[CH]N1. The Kier molecular flexibility index (Phi) is 1.39. The Morgan fingerprint density at radius 1 is 1.55 bits per heavy atom. The summed E-state index contributed by atoms with van der Waals surface area (Å²) < 4.78 is 0. The molecule has 1 aliphatic rings. The first-order valence-electron chi connectivity index (χ1n) is 3.48. The predicted molar refractivity (Wildman–Crippen MR) is 40.5 cm³/mol. The van der Waals surface area contributed by atoms with E-state index >= 15 is 0 Å². The molecule has 0 unspecified atom stereocenters. The highest BCUT2D eigenvalue weighted by Gasteiger charge is 2.13. The molecule has 2 nitrogen and oxygen atoms in total. The van der Waals surface area contributed by atoms with Crippen LogP contribution in [0.5, 0.6) is 0 Å². The number of carbonyl (C=O) groups excluding carboxylic acids is 1. The van der Waals surface area contributed by atoms with Crippen LogP contribution in [-0.2, 0) is 11.2 Å². The summed E-state index contributed by atoms with van der Waals surface area (Å²) >= 11 is 0. The molecule has 1 aromatic carbocycles. The molecule has 0 aromatic heterocycles. The number of rotatable bonds is 0. The largest absolute Gasteiger partial charge is 0.347 e. The zero-order valence-electron chi connectivity index (χ0n) is 5.92. The molecule has 2 heteroatoms. The Balaban J connectivity index is 2.41. The van der Waals surface area contributed by atoms with Crippen molar-refractivity contribution in [3.63, 3.8) is 0 Å². The van der Waals surface area contributed by atoms with Crippen LogP contribution in [0.15, 0.2) is 18.2 Å². The van der Waals surface area contributed by atoms with E-state index in [1.807, 2.05) is 18.2 Å². The molecular formula is C9H7NO. The van der Waals surface area contributed by atoms with Gasteiger partial charge in [0, 0.05) is 0 Å². The first-order chi connectivity index (χ1) is 5.36. The molecule has 0 aliphatic carbocycles. The number of amides is 1. The summed E-state index contributed by atoms with van der Waals surface area (Å²) in [6, 6.07) is 8.57. The molecule has 0 atom stereocenters. The minimum absolute atomic E-state index is 0.0529. The number of carbonyl (C=O) groups is 1. The predicted octanol–water partition coefficient (Wildman–Crippen LogP) is 0.669. The van der Waals surface area contributed by atoms with Crippen molar-refractivity contribution in [2.24, 2.45) is 0 Å². The molecule has 11 heavy (non-hydrogen) atoms. The molecule has 2 rings (SSSR count). The molecule has 0 fully saturated rings. The Labute approximate surface area is 65.2 Å². The highest BCUT2D eigenvalue weighted by molar-refractivity contribution is 5.82. The summed E-state index contributed by atoms with van der Waals surface area (Å²) in [7, 11) is 0. The lowest BCUT2D eigenvalue weighted by atomic mass is 10.0. The Hall–Kier alpha value is -1.31. The molecule has 2 radical (unpaired) electrons. The van der Waals surface area contributed by atoms with E-state index in [9.17, 15) is 4.79 Å². The standard InChI is InChI=1S/C9H7NO/c11-9-5-7-3-1-2-4-8(7)6-10-9/h2-4,6H,5H2,(H,10,11). The molecule has 1 aliphatic heterocycles. The molecule has 1 aromatic rings. The van der Waals surface area contributed by atoms with Gasteiger partial charge in [-0.05, 0) is 17.2 Å². The quantitative estimate of drug-likeness (QED) is 0.571. The van der Waals surface area contributed by atoms with Crippen LogP contribution in [-0.4, -0.2) is 5.91 Å². The smallest absolute Gasteiger partial charge is 0.224 e. The van der Waals surface area contributed by atoms with Crippen LogP contribution in [0.4, 0.5) is 0 Å². The van der Waals surface area contributed by atoms with Gasteiger partial charge in [-0.25, -0.2) is 0 Å². The van der Waals surface area contributed by atoms with Crippen LogP contribution in [0.1, 0.15) is 11.1 Å². The molecule has 0 bridgehead atoms. The second-order valence-electron chi connectivity index (χ2n) is 2.51. The van der Waals surface area contributed by atoms with Crippen molar-refractivity contribution in [2.45, 2.75) is 6.42 Å². The van der Waals surface area contributed by atoms with E-state index < -0.39 is 0 Å². The van der Waals surface area contributed by atoms with Crippen LogP contribution < -0.4 is 5.32 Å². The van der Waals surface area contributed by atoms with E-state index in [-0.39, 0.29) is 5.91 Å². The van der Waals surface area contributed by atoms with E-state index in [1.54, 1.807) is 6.54 Å². The van der Waals surface area contributed by atoms with Crippen molar-refractivity contribution in [3.05, 3.63) is 41.9 Å². The number of benzene rings is 1. The summed E-state index contributed by atoms with van der Waals surface area (Å²) in [4.78, 5) is 10.9. The van der Waals surface area contributed by atoms with Crippen LogP contribution in [0.2, 0.25) is 0 Å². The van der Waals surface area contributed by atoms with Gasteiger partial charge in [-0.1, -0.05) is 18.2 Å². The van der Waals surface area contributed by atoms with Crippen LogP contribution in [0, 0.1) is 12.6 Å². The van der Waals surface area contributed by atoms with E-state index in [1.165, 1.54) is 0 Å². The maximum Gasteiger partial charge on any atom is 0.224 e. The number of fused-ring (bicyclic) bond motifs is 1. The monoisotopic (exact) mass is 145 g/mol. The summed E-state index contributed by atoms with van der Waals surface area (Å²) in [5.74, 6) is 0.0529. The van der Waals surface area contributed by atoms with Gasteiger partial charge in [-0.2, -0.15) is 0 Å². The topological polar surface area (TPSA) is 29.1 Å². The highest BCUT2D eigenvalue weighted by Crippen LogP contribution is 2.13. The van der Waals surface area contributed by atoms with Crippen molar-refractivity contribution in [1.82, 2.24) is 5.32 Å². The summed E-state index contributed by atoms with van der Waals surface area (Å²) in [5.41, 5.74) is 2.14. The van der Waals surface area contributed by atoms with Gasteiger partial charge in [0.05, 0.1) is 13.0 Å². The zero-order chi connectivity index (χ0) is 7.68. The number of nitrogens with one attached hydrogen (secondary N) is 1. The van der Waals surface area contributed by atoms with Gasteiger partial charge in [-0.3, -0.25) is 4.79 Å². The Bertz CT molecular complexity index is 293. The van der Waals surface area contributed by atoms with E-state index in [4.69, 9.17) is 0 Å². The fourth-order valence-electron chi connectivity index (χ4n) is 1.15. The van der Waals surface area contributed by atoms with Crippen LogP contribution >= 0.6 is 0 Å². The fourth-order valence-corrected chi connectivity index (χ4v) is 1.15. The molecule has 0 spiro atoms. The van der Waals surface area contributed by atoms with Crippen molar-refractivity contribution >= 4 is 5.91 Å². The van der Waals surface area contributed by atoms with Gasteiger partial charge in [0.1, 0.15) is 0 Å². The number of hydrogen-bond acceptors (Lipinski definition) is 1. The second-order valence-corrected chi connectivity index (χ2v) is 2.51. The van der Waals surface area contributed by atoms with E-state index in [0.717, 1.165) is 11.1 Å². The second kappa shape index (κ2) is 2.38. The summed E-state index contributed by atoms with van der Waals surface area (Å²) in [6.45, 7) is 1.73. The van der Waals surface area contributed by atoms with Crippen molar-refractivity contribution in [1.29, 1.82) is 0 Å². The van der Waals surface area contributed by atoms with Crippen molar-refractivity contribution in [2.75, 3.05) is 0 Å². The van der Waals surface area contributed by atoms with E-state index in [2.05, 4.69) is 11.4 Å². The Morgan fingerprint density at radius 2 is 2.45 bits per heavy atom. The zero-order valence-corrected chi connectivity index (χ0v) is 5.92. The average molecular weight is 145 g/mol. The minimum Gasteiger partial charge on any atom is -0.347 e. The van der Waals surface area contributed by atoms with Crippen molar-refractivity contribution in [3.8, 4) is 0 Å². The van der Waals surface area contributed by atoms with Gasteiger partial charge in [0.2, 0.25) is 5.91 Å². The Morgan fingerprint density at radius 3 is 3.36 bits per heavy atom. The lowest BCUT2D eigenvalue weighted by Crippen LogP contribution is -2.28. The first kappa shape index (κ1) is 6.40. The molecule has 0 saturated heterocycles. The van der Waals surface area contributed by atoms with Gasteiger partial charge < -0.3 is 5.32 Å². The number of hydrogen-bond donors (Lipinski definition) is 1. The van der Waals surface area contributed by atoms with E-state index in [0.29, 0.717) is 6.42 Å². The molecule has 1 amide bonds. The van der Waals surface area contributed by atoms with Gasteiger partial charge in [-0.15, -0.1) is 0 Å². The first-order valence-corrected chi connectivity index (χ1v) is 3.48. The third-order valence-electron chi connectivity index (χ3n) is 1.73. The minimum atomic E-state index is 0.0529. The summed E-state index contributed by atoms with van der Waals surface area (Å²) in [5, 5.41) is 2.66. The third kappa shape index (κ3) is 1.11. The van der Waals surface area contributed by atoms with Gasteiger partial charge >= 0.3 is 0 Å². The molecule has 1 N–H and O–H groups in total. The molecule has 54 valence electrons. The highest BCUT2D eigenvalue weighted by atomic mass is 16.1. The molecule has 1 heterocycles. The van der Waals surface area contributed by atoms with Gasteiger partial charge in [0.15, 0.2) is 0 Å². The van der Waals surface area contributed by atoms with Crippen LogP contribution in [0.3, 0.4) is 0 Å². The third-order valence-corrected chi connectivity index (χ3v) is 1.73. The maximum absolute atomic E-state index is 10.9. The fraction of sp³-hybridized carbons (Fsp3) is 0.111.